The van der Waals surface area contributed by atoms with Crippen LogP contribution in [0.3, 0.4) is 0 Å². The van der Waals surface area contributed by atoms with Gasteiger partial charge in [-0.2, -0.15) is 4.98 Å². The van der Waals surface area contributed by atoms with Gasteiger partial charge in [-0.25, -0.2) is 4.98 Å². The Bertz CT molecular complexity index is 1210. The molecule has 1 aliphatic rings. The van der Waals surface area contributed by atoms with Crippen molar-refractivity contribution in [3.05, 3.63) is 55.5 Å². The lowest BCUT2D eigenvalue weighted by Crippen LogP contribution is -2.49. The number of furan rings is 1. The summed E-state index contributed by atoms with van der Waals surface area (Å²) >= 11 is 5.92. The van der Waals surface area contributed by atoms with Crippen LogP contribution in [0.15, 0.2) is 28.9 Å². The molecule has 2 N–H and O–H groups in total. The Kier molecular flexibility index (Phi) is 6.32. The van der Waals surface area contributed by atoms with Crippen molar-refractivity contribution >= 4 is 64.0 Å². The zero-order valence-electron chi connectivity index (χ0n) is 16.1. The molecule has 0 bridgehead atoms. The van der Waals surface area contributed by atoms with Crippen molar-refractivity contribution < 1.29 is 19.1 Å². The molecule has 3 aromatic rings. The number of benzene rings is 1. The van der Waals surface area contributed by atoms with Gasteiger partial charge in [0.15, 0.2) is 16.3 Å². The molecule has 0 atom stereocenters. The van der Waals surface area contributed by atoms with Crippen LogP contribution in [0.5, 0.6) is 0 Å². The largest absolute Gasteiger partial charge is 0.459 e. The second-order valence-electron chi connectivity index (χ2n) is 6.63. The smallest absolute Gasteiger partial charge is 0.321 e. The zero-order valence-corrected chi connectivity index (χ0v) is 17.7. The Morgan fingerprint density at radius 2 is 1.84 bits per heavy atom. The van der Waals surface area contributed by atoms with E-state index in [4.69, 9.17) is 21.8 Å². The minimum atomic E-state index is -0.839. The molecule has 1 aromatic carbocycles. The lowest BCUT2D eigenvalue weighted by Gasteiger charge is -2.34. The van der Waals surface area contributed by atoms with E-state index in [0.29, 0.717) is 26.2 Å². The van der Waals surface area contributed by atoms with Crippen molar-refractivity contribution in [2.24, 2.45) is 0 Å². The lowest BCUT2D eigenvalue weighted by atomic mass is 10.1. The van der Waals surface area contributed by atoms with Gasteiger partial charge in [-0.15, -0.1) is 12.4 Å². The molecule has 1 aliphatic heterocycles. The molecule has 0 spiro atoms. The van der Waals surface area contributed by atoms with E-state index in [1.807, 2.05) is 0 Å². The average molecular weight is 484 g/mol. The summed E-state index contributed by atoms with van der Waals surface area (Å²) < 4.78 is 5.13. The quantitative estimate of drug-likeness (QED) is 0.428. The Balaban J connectivity index is 0.00000289. The van der Waals surface area contributed by atoms with Gasteiger partial charge in [0, 0.05) is 32.2 Å². The molecule has 1 saturated heterocycles. The first-order chi connectivity index (χ1) is 14.8. The number of fused-ring (bicyclic) bond motifs is 1. The number of rotatable bonds is 4. The van der Waals surface area contributed by atoms with Crippen LogP contribution in [0.1, 0.15) is 10.6 Å². The van der Waals surface area contributed by atoms with Crippen molar-refractivity contribution in [3.8, 4) is 0 Å². The summed E-state index contributed by atoms with van der Waals surface area (Å²) in [6, 6.07) is 4.21. The Labute approximate surface area is 190 Å². The number of anilines is 2. The number of nitro groups is 2. The molecular weight excluding hydrogens is 469 g/mol. The summed E-state index contributed by atoms with van der Waals surface area (Å²) in [5.41, 5.74) is 4.38. The molecule has 1 amide bonds. The number of halogens is 2. The summed E-state index contributed by atoms with van der Waals surface area (Å²) in [6.45, 7) is 1.35. The van der Waals surface area contributed by atoms with Crippen molar-refractivity contribution in [2.45, 2.75) is 0 Å². The third kappa shape index (κ3) is 3.94. The van der Waals surface area contributed by atoms with Crippen LogP contribution >= 0.6 is 24.0 Å². The van der Waals surface area contributed by atoms with Crippen LogP contribution in [0, 0.1) is 20.2 Å². The van der Waals surface area contributed by atoms with E-state index in [0.717, 1.165) is 6.07 Å². The van der Waals surface area contributed by atoms with Crippen LogP contribution in [-0.4, -0.2) is 56.8 Å². The van der Waals surface area contributed by atoms with Gasteiger partial charge >= 0.3 is 5.69 Å². The number of hydrogen-bond acceptors (Lipinski definition) is 10. The highest BCUT2D eigenvalue weighted by Crippen LogP contribution is 2.41. The van der Waals surface area contributed by atoms with E-state index in [1.165, 1.54) is 6.26 Å². The van der Waals surface area contributed by atoms with E-state index >= 15 is 0 Å². The van der Waals surface area contributed by atoms with Gasteiger partial charge in [-0.1, -0.05) is 11.6 Å². The summed E-state index contributed by atoms with van der Waals surface area (Å²) in [5, 5.41) is 22.1. The van der Waals surface area contributed by atoms with Crippen LogP contribution < -0.4 is 10.6 Å². The number of hydrogen-bond donors (Lipinski definition) is 1. The molecule has 32 heavy (non-hydrogen) atoms. The molecule has 0 saturated carbocycles. The third-order valence-electron chi connectivity index (χ3n) is 4.86. The number of nitrogen functional groups attached to an aromatic ring is 1. The highest BCUT2D eigenvalue weighted by atomic mass is 35.5. The third-order valence-corrected chi connectivity index (χ3v) is 5.24. The van der Waals surface area contributed by atoms with E-state index < -0.39 is 26.2 Å². The van der Waals surface area contributed by atoms with Crippen molar-refractivity contribution in [1.29, 1.82) is 0 Å². The molecule has 0 aliphatic carbocycles. The van der Waals surface area contributed by atoms with Gasteiger partial charge in [-0.05, 0) is 12.1 Å². The normalized spacial score (nSPS) is 13.7. The predicted octanol–water partition coefficient (Wildman–Crippen LogP) is 2.66. The maximum Gasteiger partial charge on any atom is 0.321 e. The van der Waals surface area contributed by atoms with Crippen molar-refractivity contribution in [2.75, 3.05) is 36.8 Å². The standard InChI is InChI=1S/C17H14ClN7O6.ClH/c18-12-10(24(27)28)8-9-13(14(12)25(29)30)20-17(21-15(9)19)23-5-3-22(4-6-23)16(26)11-2-1-7-31-11;/h1-2,7-8H,3-6H2,(H2,19,20,21);1H. The number of nitro benzene ring substituents is 2. The lowest BCUT2D eigenvalue weighted by molar-refractivity contribution is -0.392. The number of nitrogens with zero attached hydrogens (tertiary/aromatic N) is 6. The fraction of sp³-hybridized carbons (Fsp3) is 0.235. The first kappa shape index (κ1) is 23.0. The number of carbonyl (C=O) groups is 1. The molecule has 0 unspecified atom stereocenters. The van der Waals surface area contributed by atoms with Crippen molar-refractivity contribution in [3.63, 3.8) is 0 Å². The summed E-state index contributed by atoms with van der Waals surface area (Å²) in [7, 11) is 0. The topological polar surface area (TPSA) is 175 Å². The predicted molar refractivity (Wildman–Crippen MR) is 116 cm³/mol. The Morgan fingerprint density at radius 3 is 2.41 bits per heavy atom. The molecule has 3 heterocycles. The minimum Gasteiger partial charge on any atom is -0.459 e. The first-order valence-electron chi connectivity index (χ1n) is 8.94. The van der Waals surface area contributed by atoms with Gasteiger partial charge < -0.3 is 20.0 Å². The van der Waals surface area contributed by atoms with Crippen molar-refractivity contribution in [1.82, 2.24) is 14.9 Å². The molecule has 1 fully saturated rings. The van der Waals surface area contributed by atoms with Gasteiger partial charge in [-0.3, -0.25) is 25.0 Å². The minimum absolute atomic E-state index is 0. The molecule has 168 valence electrons. The van der Waals surface area contributed by atoms with Gasteiger partial charge in [0.25, 0.3) is 11.6 Å². The molecular formula is C17H15Cl2N7O6. The summed E-state index contributed by atoms with van der Waals surface area (Å²) in [5.74, 6) is -0.0788. The van der Waals surface area contributed by atoms with Crippen LogP contribution in [0.4, 0.5) is 23.1 Å². The van der Waals surface area contributed by atoms with Gasteiger partial charge in [0.2, 0.25) is 5.95 Å². The maximum atomic E-state index is 12.4. The molecule has 4 rings (SSSR count). The average Bonchev–Trinajstić information content (AvgIpc) is 3.27. The van der Waals surface area contributed by atoms with Crippen LogP contribution in [0.2, 0.25) is 5.02 Å². The second kappa shape index (κ2) is 8.80. The number of aromatic nitrogens is 2. The highest BCUT2D eigenvalue weighted by Gasteiger charge is 2.31. The highest BCUT2D eigenvalue weighted by molar-refractivity contribution is 6.36. The first-order valence-corrected chi connectivity index (χ1v) is 9.32. The Hall–Kier alpha value is -3.71. The number of nitrogens with two attached hydrogens (primary N) is 1. The Morgan fingerprint density at radius 1 is 1.16 bits per heavy atom. The zero-order chi connectivity index (χ0) is 22.3. The molecule has 13 nitrogen and oxygen atoms in total. The number of amides is 1. The van der Waals surface area contributed by atoms with Crippen LogP contribution in [0.25, 0.3) is 10.9 Å². The molecule has 15 heteroatoms. The SMILES string of the molecule is Cl.Nc1nc(N2CCN(C(=O)c3ccco3)CC2)nc2c([N+](=O)[O-])c(Cl)c([N+](=O)[O-])cc12. The maximum absolute atomic E-state index is 12.4. The fourth-order valence-corrected chi connectivity index (χ4v) is 3.61. The molecule has 2 aromatic heterocycles. The second-order valence-corrected chi connectivity index (χ2v) is 7.01. The van der Waals surface area contributed by atoms with Crippen LogP contribution in [-0.2, 0) is 0 Å². The fourth-order valence-electron chi connectivity index (χ4n) is 3.33. The van der Waals surface area contributed by atoms with Gasteiger partial charge in [0.1, 0.15) is 5.82 Å². The van der Waals surface area contributed by atoms with E-state index in [2.05, 4.69) is 9.97 Å². The monoisotopic (exact) mass is 483 g/mol. The number of piperazine rings is 1. The van der Waals surface area contributed by atoms with E-state index in [9.17, 15) is 25.0 Å². The molecule has 0 radical (unpaired) electrons. The van der Waals surface area contributed by atoms with Gasteiger partial charge in [0.05, 0.1) is 21.5 Å². The summed E-state index contributed by atoms with van der Waals surface area (Å²) in [4.78, 5) is 45.2. The van der Waals surface area contributed by atoms with E-state index in [-0.39, 0.29) is 46.7 Å². The summed E-state index contributed by atoms with van der Waals surface area (Å²) in [6.07, 6.45) is 1.41. The van der Waals surface area contributed by atoms with E-state index in [1.54, 1.807) is 21.9 Å². The number of carbonyl (C=O) groups excluding carboxylic acids is 1.